The summed E-state index contributed by atoms with van der Waals surface area (Å²) < 4.78 is 11.2. The van der Waals surface area contributed by atoms with Crippen molar-refractivity contribution in [3.8, 4) is 11.5 Å². The number of hydrogen-bond acceptors (Lipinski definition) is 4. The molecule has 0 saturated carbocycles. The molecule has 0 aliphatic carbocycles. The van der Waals surface area contributed by atoms with Crippen molar-refractivity contribution in [3.05, 3.63) is 58.6 Å². The lowest BCUT2D eigenvalue weighted by atomic mass is 10.2. The normalized spacial score (nSPS) is 10.8. The van der Waals surface area contributed by atoms with Crippen molar-refractivity contribution in [2.45, 2.75) is 6.92 Å². The van der Waals surface area contributed by atoms with Crippen molar-refractivity contribution < 1.29 is 14.7 Å². The van der Waals surface area contributed by atoms with E-state index in [1.807, 2.05) is 43.3 Å². The number of halogens is 1. The fraction of sp³-hybridized carbons (Fsp3) is 0.188. The second-order valence-electron chi connectivity index (χ2n) is 4.42. The van der Waals surface area contributed by atoms with Gasteiger partial charge in [0.15, 0.2) is 0 Å². The van der Waals surface area contributed by atoms with Crippen LogP contribution in [0.3, 0.4) is 0 Å². The largest absolute Gasteiger partial charge is 0.490 e. The zero-order valence-electron chi connectivity index (χ0n) is 11.6. The summed E-state index contributed by atoms with van der Waals surface area (Å²) in [5, 5.41) is 12.2. The monoisotopic (exact) mass is 305 g/mol. The predicted molar refractivity (Wildman–Crippen MR) is 83.0 cm³/mol. The molecular formula is C16H16ClNO3. The standard InChI is InChI=1S/C16H16ClNO3/c1-12-9-15(5-6-16(12)17)21-8-7-20-14-4-2-3-13(10-14)11-18-19/h2-6,9-11,19H,7-8H2,1H3/b18-11+. The van der Waals surface area contributed by atoms with Gasteiger partial charge in [0.05, 0.1) is 6.21 Å². The molecule has 0 heterocycles. The first kappa shape index (κ1) is 15.2. The van der Waals surface area contributed by atoms with Crippen molar-refractivity contribution in [1.82, 2.24) is 0 Å². The Labute approximate surface area is 128 Å². The lowest BCUT2D eigenvalue weighted by molar-refractivity contribution is 0.217. The zero-order valence-corrected chi connectivity index (χ0v) is 12.4. The maximum Gasteiger partial charge on any atom is 0.122 e. The Hall–Kier alpha value is -2.20. The minimum absolute atomic E-state index is 0.418. The number of oxime groups is 1. The molecular weight excluding hydrogens is 290 g/mol. The first-order valence-electron chi connectivity index (χ1n) is 6.48. The average Bonchev–Trinajstić information content (AvgIpc) is 2.48. The minimum atomic E-state index is 0.418. The summed E-state index contributed by atoms with van der Waals surface area (Å²) in [6, 6.07) is 12.8. The van der Waals surface area contributed by atoms with E-state index in [1.54, 1.807) is 6.07 Å². The molecule has 0 aromatic heterocycles. The van der Waals surface area contributed by atoms with E-state index in [-0.39, 0.29) is 0 Å². The second kappa shape index (κ2) is 7.55. The van der Waals surface area contributed by atoms with Crippen LogP contribution in [0.15, 0.2) is 47.6 Å². The Bertz CT molecular complexity index is 629. The minimum Gasteiger partial charge on any atom is -0.490 e. The highest BCUT2D eigenvalue weighted by atomic mass is 35.5. The van der Waals surface area contributed by atoms with Crippen LogP contribution in [0.2, 0.25) is 5.02 Å². The van der Waals surface area contributed by atoms with Gasteiger partial charge in [-0.05, 0) is 48.4 Å². The zero-order chi connectivity index (χ0) is 15.1. The van der Waals surface area contributed by atoms with E-state index in [1.165, 1.54) is 6.21 Å². The number of hydrogen-bond donors (Lipinski definition) is 1. The fourth-order valence-corrected chi connectivity index (χ4v) is 1.89. The van der Waals surface area contributed by atoms with Gasteiger partial charge in [-0.2, -0.15) is 0 Å². The van der Waals surface area contributed by atoms with E-state index in [0.717, 1.165) is 21.9 Å². The molecule has 0 bridgehead atoms. The molecule has 5 heteroatoms. The molecule has 0 saturated heterocycles. The van der Waals surface area contributed by atoms with Crippen LogP contribution < -0.4 is 9.47 Å². The van der Waals surface area contributed by atoms with Crippen LogP contribution in [-0.4, -0.2) is 24.6 Å². The van der Waals surface area contributed by atoms with Crippen molar-refractivity contribution in [1.29, 1.82) is 0 Å². The van der Waals surface area contributed by atoms with E-state index < -0.39 is 0 Å². The molecule has 0 fully saturated rings. The van der Waals surface area contributed by atoms with Gasteiger partial charge in [-0.25, -0.2) is 0 Å². The van der Waals surface area contributed by atoms with Gasteiger partial charge in [-0.1, -0.05) is 28.9 Å². The number of ether oxygens (including phenoxy) is 2. The Kier molecular flexibility index (Phi) is 5.46. The van der Waals surface area contributed by atoms with Crippen molar-refractivity contribution in [3.63, 3.8) is 0 Å². The van der Waals surface area contributed by atoms with Crippen molar-refractivity contribution >= 4 is 17.8 Å². The molecule has 0 spiro atoms. The van der Waals surface area contributed by atoms with Gasteiger partial charge in [0.2, 0.25) is 0 Å². The fourth-order valence-electron chi connectivity index (χ4n) is 1.78. The number of benzene rings is 2. The van der Waals surface area contributed by atoms with Gasteiger partial charge in [0.25, 0.3) is 0 Å². The van der Waals surface area contributed by atoms with E-state index in [9.17, 15) is 0 Å². The molecule has 0 atom stereocenters. The third-order valence-electron chi connectivity index (χ3n) is 2.82. The van der Waals surface area contributed by atoms with Crippen molar-refractivity contribution in [2.75, 3.05) is 13.2 Å². The molecule has 2 rings (SSSR count). The second-order valence-corrected chi connectivity index (χ2v) is 4.83. The lowest BCUT2D eigenvalue weighted by Gasteiger charge is -2.09. The van der Waals surface area contributed by atoms with E-state index >= 15 is 0 Å². The molecule has 2 aromatic rings. The van der Waals surface area contributed by atoms with Crippen LogP contribution >= 0.6 is 11.6 Å². The quantitative estimate of drug-likeness (QED) is 0.381. The Morgan fingerprint density at radius 2 is 1.81 bits per heavy atom. The lowest BCUT2D eigenvalue weighted by Crippen LogP contribution is -2.09. The highest BCUT2D eigenvalue weighted by Crippen LogP contribution is 2.21. The first-order chi connectivity index (χ1) is 10.2. The Morgan fingerprint density at radius 1 is 1.10 bits per heavy atom. The summed E-state index contributed by atoms with van der Waals surface area (Å²) in [5.74, 6) is 1.46. The van der Waals surface area contributed by atoms with E-state index in [0.29, 0.717) is 19.0 Å². The third-order valence-corrected chi connectivity index (χ3v) is 3.24. The van der Waals surface area contributed by atoms with Gasteiger partial charge in [0.1, 0.15) is 24.7 Å². The maximum atomic E-state index is 8.49. The van der Waals surface area contributed by atoms with Gasteiger partial charge in [-0.3, -0.25) is 0 Å². The predicted octanol–water partition coefficient (Wildman–Crippen LogP) is 3.91. The summed E-state index contributed by atoms with van der Waals surface area (Å²) in [6.45, 7) is 2.78. The van der Waals surface area contributed by atoms with Crippen LogP contribution in [0.4, 0.5) is 0 Å². The van der Waals surface area contributed by atoms with Crippen molar-refractivity contribution in [2.24, 2.45) is 5.16 Å². The number of rotatable bonds is 6. The summed E-state index contributed by atoms with van der Waals surface area (Å²) in [7, 11) is 0. The third kappa shape index (κ3) is 4.68. The highest BCUT2D eigenvalue weighted by Gasteiger charge is 1.99. The molecule has 0 aliphatic heterocycles. The molecule has 0 aliphatic rings. The van der Waals surface area contributed by atoms with Gasteiger partial charge in [-0.15, -0.1) is 0 Å². The van der Waals surface area contributed by atoms with Crippen LogP contribution in [0, 0.1) is 6.92 Å². The number of nitrogens with zero attached hydrogens (tertiary/aromatic N) is 1. The molecule has 21 heavy (non-hydrogen) atoms. The highest BCUT2D eigenvalue weighted by molar-refractivity contribution is 6.31. The van der Waals surface area contributed by atoms with Gasteiger partial charge in [0, 0.05) is 5.02 Å². The van der Waals surface area contributed by atoms with Crippen LogP contribution in [0.5, 0.6) is 11.5 Å². The summed E-state index contributed by atoms with van der Waals surface area (Å²) in [5.41, 5.74) is 1.75. The smallest absolute Gasteiger partial charge is 0.122 e. The maximum absolute atomic E-state index is 8.49. The number of aryl methyl sites for hydroxylation is 1. The van der Waals surface area contributed by atoms with Gasteiger partial charge < -0.3 is 14.7 Å². The molecule has 0 amide bonds. The Balaban J connectivity index is 1.81. The summed E-state index contributed by atoms with van der Waals surface area (Å²) in [6.07, 6.45) is 1.35. The van der Waals surface area contributed by atoms with E-state index in [2.05, 4.69) is 5.16 Å². The van der Waals surface area contributed by atoms with Gasteiger partial charge >= 0.3 is 0 Å². The Morgan fingerprint density at radius 3 is 2.48 bits per heavy atom. The summed E-state index contributed by atoms with van der Waals surface area (Å²) in [4.78, 5) is 0. The molecule has 0 unspecified atom stereocenters. The van der Waals surface area contributed by atoms with Crippen LogP contribution in [-0.2, 0) is 0 Å². The molecule has 2 aromatic carbocycles. The SMILES string of the molecule is Cc1cc(OCCOc2cccc(/C=N/O)c2)ccc1Cl. The topological polar surface area (TPSA) is 51.0 Å². The van der Waals surface area contributed by atoms with Crippen LogP contribution in [0.25, 0.3) is 0 Å². The molecule has 4 nitrogen and oxygen atoms in total. The summed E-state index contributed by atoms with van der Waals surface area (Å²) >= 11 is 5.95. The van der Waals surface area contributed by atoms with Crippen LogP contribution in [0.1, 0.15) is 11.1 Å². The van der Waals surface area contributed by atoms with E-state index in [4.69, 9.17) is 26.3 Å². The average molecular weight is 306 g/mol. The first-order valence-corrected chi connectivity index (χ1v) is 6.86. The molecule has 0 radical (unpaired) electrons. The molecule has 1 N–H and O–H groups in total. The molecule has 110 valence electrons.